The Morgan fingerprint density at radius 1 is 1.48 bits per heavy atom. The van der Waals surface area contributed by atoms with E-state index in [2.05, 4.69) is 21.7 Å². The fraction of sp³-hybridized carbons (Fsp3) is 0.647. The van der Waals surface area contributed by atoms with E-state index in [-0.39, 0.29) is 5.92 Å². The van der Waals surface area contributed by atoms with Crippen LogP contribution in [0.3, 0.4) is 0 Å². The minimum atomic E-state index is 0.233. The molecule has 0 saturated heterocycles. The molecule has 1 spiro atoms. The van der Waals surface area contributed by atoms with Crippen LogP contribution in [0.25, 0.3) is 0 Å². The molecule has 3 atom stereocenters. The SMILES string of the molecule is Cc1nccn1CCN(C)C(=O)C1CC2C=CC1C21CC1. The van der Waals surface area contributed by atoms with Crippen LogP contribution in [0.5, 0.6) is 0 Å². The van der Waals surface area contributed by atoms with Crippen molar-refractivity contribution < 1.29 is 4.79 Å². The van der Waals surface area contributed by atoms with Crippen molar-refractivity contribution in [2.75, 3.05) is 13.6 Å². The van der Waals surface area contributed by atoms with E-state index < -0.39 is 0 Å². The molecule has 3 unspecified atom stereocenters. The lowest BCUT2D eigenvalue weighted by molar-refractivity contribution is -0.135. The first-order valence-electron chi connectivity index (χ1n) is 8.03. The van der Waals surface area contributed by atoms with Gasteiger partial charge in [-0.15, -0.1) is 0 Å². The minimum Gasteiger partial charge on any atom is -0.344 e. The molecule has 0 radical (unpaired) electrons. The Labute approximate surface area is 125 Å². The number of hydrogen-bond acceptors (Lipinski definition) is 2. The van der Waals surface area contributed by atoms with Gasteiger partial charge in [0, 0.05) is 38.4 Å². The Hall–Kier alpha value is -1.58. The molecule has 1 aromatic rings. The number of aryl methyl sites for hydroxylation is 1. The lowest BCUT2D eigenvalue weighted by Crippen LogP contribution is -2.37. The van der Waals surface area contributed by atoms with Gasteiger partial charge in [-0.25, -0.2) is 4.98 Å². The second kappa shape index (κ2) is 4.46. The van der Waals surface area contributed by atoms with Gasteiger partial charge in [0.2, 0.25) is 5.91 Å². The summed E-state index contributed by atoms with van der Waals surface area (Å²) < 4.78 is 2.10. The van der Waals surface area contributed by atoms with Gasteiger partial charge in [0.25, 0.3) is 0 Å². The van der Waals surface area contributed by atoms with E-state index in [1.54, 1.807) is 0 Å². The summed E-state index contributed by atoms with van der Waals surface area (Å²) in [6.45, 7) is 3.59. The highest BCUT2D eigenvalue weighted by molar-refractivity contribution is 5.80. The lowest BCUT2D eigenvalue weighted by Gasteiger charge is -2.25. The van der Waals surface area contributed by atoms with Crippen LogP contribution in [0, 0.1) is 30.1 Å². The summed E-state index contributed by atoms with van der Waals surface area (Å²) in [4.78, 5) is 18.9. The highest BCUT2D eigenvalue weighted by atomic mass is 16.2. The molecule has 0 aliphatic heterocycles. The van der Waals surface area contributed by atoms with E-state index in [1.807, 2.05) is 31.3 Å². The Bertz CT molecular complexity index is 599. The van der Waals surface area contributed by atoms with Crippen LogP contribution in [0.4, 0.5) is 0 Å². The predicted molar refractivity (Wildman–Crippen MR) is 80.5 cm³/mol. The largest absolute Gasteiger partial charge is 0.344 e. The maximum Gasteiger partial charge on any atom is 0.226 e. The van der Waals surface area contributed by atoms with Gasteiger partial charge in [-0.2, -0.15) is 0 Å². The number of carbonyl (C=O) groups is 1. The summed E-state index contributed by atoms with van der Waals surface area (Å²) >= 11 is 0. The standard InChI is InChI=1S/C17H23N3O/c1-12-18-7-8-20(12)10-9-19(2)16(21)14-11-13-3-4-15(14)17(13)5-6-17/h3-4,7-8,13-15H,5-6,9-11H2,1-2H3. The zero-order valence-corrected chi connectivity index (χ0v) is 12.8. The van der Waals surface area contributed by atoms with Gasteiger partial charge in [0.1, 0.15) is 5.82 Å². The predicted octanol–water partition coefficient (Wildman–Crippen LogP) is 2.25. The van der Waals surface area contributed by atoms with Gasteiger partial charge in [-0.1, -0.05) is 12.2 Å². The lowest BCUT2D eigenvalue weighted by atomic mass is 9.88. The number of rotatable bonds is 4. The number of aromatic nitrogens is 2. The van der Waals surface area contributed by atoms with Crippen molar-refractivity contribution in [1.82, 2.24) is 14.5 Å². The van der Waals surface area contributed by atoms with Crippen LogP contribution in [-0.4, -0.2) is 34.0 Å². The summed E-state index contributed by atoms with van der Waals surface area (Å²) in [5.74, 6) is 2.79. The van der Waals surface area contributed by atoms with Gasteiger partial charge >= 0.3 is 0 Å². The number of nitrogens with zero attached hydrogens (tertiary/aromatic N) is 3. The van der Waals surface area contributed by atoms with Crippen molar-refractivity contribution in [3.05, 3.63) is 30.4 Å². The van der Waals surface area contributed by atoms with Crippen LogP contribution < -0.4 is 0 Å². The van der Waals surface area contributed by atoms with Crippen LogP contribution >= 0.6 is 0 Å². The molecule has 1 amide bonds. The monoisotopic (exact) mass is 285 g/mol. The second-order valence-electron chi connectivity index (χ2n) is 7.02. The summed E-state index contributed by atoms with van der Waals surface area (Å²) in [5.41, 5.74) is 0.502. The molecule has 21 heavy (non-hydrogen) atoms. The molecule has 2 saturated carbocycles. The van der Waals surface area contributed by atoms with E-state index in [0.29, 0.717) is 23.2 Å². The molecular formula is C17H23N3O. The molecule has 1 heterocycles. The average molecular weight is 285 g/mol. The molecule has 4 nitrogen and oxygen atoms in total. The molecule has 4 heteroatoms. The Morgan fingerprint density at radius 3 is 2.90 bits per heavy atom. The zero-order chi connectivity index (χ0) is 14.6. The van der Waals surface area contributed by atoms with Crippen molar-refractivity contribution >= 4 is 5.91 Å². The van der Waals surface area contributed by atoms with Crippen LogP contribution in [0.15, 0.2) is 24.5 Å². The van der Waals surface area contributed by atoms with Crippen LogP contribution in [-0.2, 0) is 11.3 Å². The fourth-order valence-corrected chi connectivity index (χ4v) is 4.55. The van der Waals surface area contributed by atoms with E-state index >= 15 is 0 Å². The molecule has 3 aliphatic carbocycles. The van der Waals surface area contributed by atoms with Crippen LogP contribution in [0.1, 0.15) is 25.1 Å². The fourth-order valence-electron chi connectivity index (χ4n) is 4.55. The second-order valence-corrected chi connectivity index (χ2v) is 7.02. The molecule has 0 aromatic carbocycles. The minimum absolute atomic E-state index is 0.233. The first kappa shape index (κ1) is 13.1. The summed E-state index contributed by atoms with van der Waals surface area (Å²) in [6.07, 6.45) is 12.2. The smallest absolute Gasteiger partial charge is 0.226 e. The van der Waals surface area contributed by atoms with Crippen LogP contribution in [0.2, 0.25) is 0 Å². The van der Waals surface area contributed by atoms with Crippen molar-refractivity contribution in [1.29, 1.82) is 0 Å². The van der Waals surface area contributed by atoms with Crippen molar-refractivity contribution in [2.45, 2.75) is 32.7 Å². The highest BCUT2D eigenvalue weighted by Gasteiger charge is 2.64. The molecule has 2 fully saturated rings. The normalized spacial score (nSPS) is 31.0. The summed E-state index contributed by atoms with van der Waals surface area (Å²) in [5, 5.41) is 0. The van der Waals surface area contributed by atoms with Crippen molar-refractivity contribution in [2.24, 2.45) is 23.2 Å². The van der Waals surface area contributed by atoms with Crippen molar-refractivity contribution in [3.63, 3.8) is 0 Å². The van der Waals surface area contributed by atoms with E-state index in [1.165, 1.54) is 12.8 Å². The van der Waals surface area contributed by atoms with Crippen molar-refractivity contribution in [3.8, 4) is 0 Å². The maximum atomic E-state index is 12.8. The number of likely N-dealkylation sites (N-methyl/N-ethyl adjacent to an activating group) is 1. The molecule has 0 N–H and O–H groups in total. The number of carbonyl (C=O) groups excluding carboxylic acids is 1. The third-order valence-corrected chi connectivity index (χ3v) is 6.02. The van der Waals surface area contributed by atoms with E-state index in [0.717, 1.165) is 25.3 Å². The van der Waals surface area contributed by atoms with E-state index in [4.69, 9.17) is 0 Å². The first-order valence-corrected chi connectivity index (χ1v) is 8.03. The maximum absolute atomic E-state index is 12.8. The number of hydrogen-bond donors (Lipinski definition) is 0. The summed E-state index contributed by atoms with van der Waals surface area (Å²) in [6, 6.07) is 0. The molecule has 2 bridgehead atoms. The van der Waals surface area contributed by atoms with Gasteiger partial charge in [0.05, 0.1) is 0 Å². The summed E-state index contributed by atoms with van der Waals surface area (Å²) in [7, 11) is 1.95. The average Bonchev–Trinajstić information content (AvgIpc) is 2.97. The first-order chi connectivity index (χ1) is 10.1. The molecular weight excluding hydrogens is 262 g/mol. The highest BCUT2D eigenvalue weighted by Crippen LogP contribution is 2.70. The van der Waals surface area contributed by atoms with Gasteiger partial charge in [0.15, 0.2) is 0 Å². The third-order valence-electron chi connectivity index (χ3n) is 6.02. The Kier molecular flexibility index (Phi) is 2.78. The Morgan fingerprint density at radius 2 is 2.29 bits per heavy atom. The number of amides is 1. The number of allylic oxidation sites excluding steroid dienone is 2. The molecule has 1 aromatic heterocycles. The number of imidazole rings is 1. The third kappa shape index (κ3) is 1.88. The molecule has 3 aliphatic rings. The van der Waals surface area contributed by atoms with Gasteiger partial charge in [-0.3, -0.25) is 4.79 Å². The zero-order valence-electron chi connectivity index (χ0n) is 12.8. The molecule has 4 rings (SSSR count). The molecule has 112 valence electrons. The quantitative estimate of drug-likeness (QED) is 0.796. The van der Waals surface area contributed by atoms with E-state index in [9.17, 15) is 4.79 Å². The van der Waals surface area contributed by atoms with Gasteiger partial charge < -0.3 is 9.47 Å². The Balaban J connectivity index is 1.39. The van der Waals surface area contributed by atoms with Gasteiger partial charge in [-0.05, 0) is 43.4 Å². The topological polar surface area (TPSA) is 38.1 Å².